The first kappa shape index (κ1) is 25.4. The Morgan fingerprint density at radius 3 is 2.43 bits per heavy atom. The van der Waals surface area contributed by atoms with E-state index >= 15 is 4.39 Å². The van der Waals surface area contributed by atoms with E-state index in [-0.39, 0.29) is 37.0 Å². The van der Waals surface area contributed by atoms with Crippen molar-refractivity contribution in [3.8, 4) is 0 Å². The molecular weight excluding hydrogens is 453 g/mol. The first-order chi connectivity index (χ1) is 16.7. The fraction of sp³-hybridized carbons (Fsp3) is 0.654. The molecule has 4 rings (SSSR count). The summed E-state index contributed by atoms with van der Waals surface area (Å²) < 4.78 is 23.4. The predicted octanol–water partition coefficient (Wildman–Crippen LogP) is 4.43. The van der Waals surface area contributed by atoms with Crippen molar-refractivity contribution in [2.24, 2.45) is 0 Å². The number of hydrogen-bond acceptors (Lipinski definition) is 5. The Bertz CT molecular complexity index is 1190. The highest BCUT2D eigenvalue weighted by Gasteiger charge is 2.32. The summed E-state index contributed by atoms with van der Waals surface area (Å²) in [7, 11) is 0. The second kappa shape index (κ2) is 10.5. The maximum Gasteiger partial charge on any atom is 0.335 e. The molecule has 35 heavy (non-hydrogen) atoms. The molecule has 2 aromatic rings. The second-order valence-corrected chi connectivity index (χ2v) is 10.1. The fourth-order valence-electron chi connectivity index (χ4n) is 5.36. The molecule has 2 aliphatic carbocycles. The molecule has 0 spiro atoms. The Morgan fingerprint density at radius 2 is 1.80 bits per heavy atom. The van der Waals surface area contributed by atoms with Crippen LogP contribution in [-0.2, 0) is 16.1 Å². The molecule has 1 aromatic heterocycles. The minimum absolute atomic E-state index is 0.0642. The third-order valence-corrected chi connectivity index (χ3v) is 7.77. The summed E-state index contributed by atoms with van der Waals surface area (Å²) in [4.78, 5) is 38.4. The van der Waals surface area contributed by atoms with Crippen LogP contribution in [0.2, 0.25) is 0 Å². The highest BCUT2D eigenvalue weighted by atomic mass is 19.1. The van der Waals surface area contributed by atoms with Gasteiger partial charge in [-0.2, -0.15) is 0 Å². The Labute approximate surface area is 204 Å². The molecule has 192 valence electrons. The van der Waals surface area contributed by atoms with E-state index in [1.54, 1.807) is 17.6 Å². The van der Waals surface area contributed by atoms with E-state index in [9.17, 15) is 19.5 Å². The number of carboxylic acids is 1. The van der Waals surface area contributed by atoms with Gasteiger partial charge in [0.25, 0.3) is 5.56 Å². The predicted molar refractivity (Wildman–Crippen MR) is 133 cm³/mol. The van der Waals surface area contributed by atoms with E-state index in [1.807, 2.05) is 0 Å². The standard InChI is InChI=1S/C26H36FN3O5/c1-3-26(2,24(32)33)35-14-13-29-23(31)19-15-20(27)21(28-17-9-5-4-6-10-17)16-22(19)30(25(29)34)18-11-7-8-12-18/h15-18,28H,3-14H2,1-2H3,(H,32,33). The number of benzene rings is 1. The normalized spacial score (nSPS) is 19.2. The average molecular weight is 490 g/mol. The van der Waals surface area contributed by atoms with Crippen molar-refractivity contribution in [3.63, 3.8) is 0 Å². The highest BCUT2D eigenvalue weighted by molar-refractivity contribution is 5.82. The number of nitrogens with one attached hydrogen (secondary N) is 1. The van der Waals surface area contributed by atoms with Crippen molar-refractivity contribution in [2.45, 2.75) is 102 Å². The van der Waals surface area contributed by atoms with E-state index in [2.05, 4.69) is 5.32 Å². The number of fused-ring (bicyclic) bond motifs is 1. The van der Waals surface area contributed by atoms with Gasteiger partial charge in [-0.15, -0.1) is 0 Å². The molecule has 0 saturated heterocycles. The van der Waals surface area contributed by atoms with Gasteiger partial charge in [-0.3, -0.25) is 13.9 Å². The summed E-state index contributed by atoms with van der Waals surface area (Å²) >= 11 is 0. The van der Waals surface area contributed by atoms with Crippen molar-refractivity contribution >= 4 is 22.6 Å². The number of nitrogens with zero attached hydrogens (tertiary/aromatic N) is 2. The minimum atomic E-state index is -1.41. The zero-order valence-electron chi connectivity index (χ0n) is 20.6. The number of hydrogen-bond donors (Lipinski definition) is 2. The molecule has 2 aliphatic rings. The number of carbonyl (C=O) groups is 1. The van der Waals surface area contributed by atoms with Crippen molar-refractivity contribution in [2.75, 3.05) is 11.9 Å². The lowest BCUT2D eigenvalue weighted by atomic mass is 9.95. The van der Waals surface area contributed by atoms with Gasteiger partial charge in [-0.05, 0) is 51.2 Å². The van der Waals surface area contributed by atoms with Gasteiger partial charge in [-0.1, -0.05) is 39.0 Å². The highest BCUT2D eigenvalue weighted by Crippen LogP contribution is 2.32. The van der Waals surface area contributed by atoms with Crippen LogP contribution in [0.3, 0.4) is 0 Å². The zero-order valence-corrected chi connectivity index (χ0v) is 20.6. The van der Waals surface area contributed by atoms with E-state index in [4.69, 9.17) is 4.74 Å². The third kappa shape index (κ3) is 5.15. The Kier molecular flexibility index (Phi) is 7.64. The average Bonchev–Trinajstić information content (AvgIpc) is 3.37. The van der Waals surface area contributed by atoms with E-state index in [1.165, 1.54) is 19.4 Å². The van der Waals surface area contributed by atoms with Crippen molar-refractivity contribution in [1.82, 2.24) is 9.13 Å². The van der Waals surface area contributed by atoms with Gasteiger partial charge in [0, 0.05) is 12.1 Å². The number of aliphatic carboxylic acids is 1. The van der Waals surface area contributed by atoms with Gasteiger partial charge in [-0.25, -0.2) is 14.0 Å². The molecule has 2 saturated carbocycles. The van der Waals surface area contributed by atoms with Crippen LogP contribution >= 0.6 is 0 Å². The van der Waals surface area contributed by atoms with Crippen LogP contribution in [0.5, 0.6) is 0 Å². The quantitative estimate of drug-likeness (QED) is 0.540. The smallest absolute Gasteiger partial charge is 0.335 e. The lowest BCUT2D eigenvalue weighted by molar-refractivity contribution is -0.164. The summed E-state index contributed by atoms with van der Waals surface area (Å²) in [5.74, 6) is -1.61. The molecule has 2 N–H and O–H groups in total. The van der Waals surface area contributed by atoms with Crippen LogP contribution < -0.4 is 16.6 Å². The van der Waals surface area contributed by atoms with Gasteiger partial charge >= 0.3 is 11.7 Å². The molecule has 1 atom stereocenters. The van der Waals surface area contributed by atoms with E-state index < -0.39 is 28.6 Å². The van der Waals surface area contributed by atoms with Gasteiger partial charge in [0.15, 0.2) is 5.60 Å². The van der Waals surface area contributed by atoms with Crippen LogP contribution in [0.25, 0.3) is 10.9 Å². The molecule has 0 bridgehead atoms. The van der Waals surface area contributed by atoms with Crippen molar-refractivity contribution in [1.29, 1.82) is 0 Å². The first-order valence-electron chi connectivity index (χ1n) is 12.9. The number of ether oxygens (including phenoxy) is 1. The summed E-state index contributed by atoms with van der Waals surface area (Å²) in [6.07, 6.45) is 9.19. The summed E-state index contributed by atoms with van der Waals surface area (Å²) in [6.45, 7) is 2.94. The number of halogens is 1. The van der Waals surface area contributed by atoms with E-state index in [0.29, 0.717) is 11.2 Å². The SMILES string of the molecule is CCC(C)(OCCn1c(=O)c2cc(F)c(NC3CCCCC3)cc2n(C2CCCC2)c1=O)C(=O)O. The van der Waals surface area contributed by atoms with Crippen molar-refractivity contribution in [3.05, 3.63) is 38.8 Å². The molecule has 1 aromatic carbocycles. The minimum Gasteiger partial charge on any atom is -0.479 e. The number of rotatable bonds is 9. The molecule has 8 nitrogen and oxygen atoms in total. The maximum atomic E-state index is 15.2. The Morgan fingerprint density at radius 1 is 1.14 bits per heavy atom. The van der Waals surface area contributed by atoms with Crippen LogP contribution in [0, 0.1) is 5.82 Å². The topological polar surface area (TPSA) is 103 Å². The Balaban J connectivity index is 1.74. The lowest BCUT2D eigenvalue weighted by Gasteiger charge is -2.25. The molecule has 0 aliphatic heterocycles. The largest absolute Gasteiger partial charge is 0.479 e. The Hall–Kier alpha value is -2.68. The number of aromatic nitrogens is 2. The van der Waals surface area contributed by atoms with E-state index in [0.717, 1.165) is 55.9 Å². The molecular formula is C26H36FN3O5. The monoisotopic (exact) mass is 489 g/mol. The first-order valence-corrected chi connectivity index (χ1v) is 12.9. The van der Waals surface area contributed by atoms with Crippen LogP contribution in [0.4, 0.5) is 10.1 Å². The second-order valence-electron chi connectivity index (χ2n) is 10.1. The van der Waals surface area contributed by atoms with Gasteiger partial charge in [0.2, 0.25) is 0 Å². The third-order valence-electron chi connectivity index (χ3n) is 7.77. The van der Waals surface area contributed by atoms with Gasteiger partial charge in [0.1, 0.15) is 5.82 Å². The zero-order chi connectivity index (χ0) is 25.2. The molecule has 0 radical (unpaired) electrons. The lowest BCUT2D eigenvalue weighted by Crippen LogP contribution is -2.44. The number of anilines is 1. The summed E-state index contributed by atoms with van der Waals surface area (Å²) in [6, 6.07) is 2.98. The molecule has 9 heteroatoms. The van der Waals surface area contributed by atoms with Crippen LogP contribution in [-0.4, -0.2) is 38.5 Å². The summed E-state index contributed by atoms with van der Waals surface area (Å²) in [5.41, 5.74) is -1.67. The van der Waals surface area contributed by atoms with Crippen LogP contribution in [0.15, 0.2) is 21.7 Å². The molecule has 1 heterocycles. The maximum absolute atomic E-state index is 15.2. The van der Waals surface area contributed by atoms with Gasteiger partial charge < -0.3 is 15.2 Å². The van der Waals surface area contributed by atoms with Gasteiger partial charge in [0.05, 0.1) is 29.7 Å². The van der Waals surface area contributed by atoms with Crippen molar-refractivity contribution < 1.29 is 19.0 Å². The van der Waals surface area contributed by atoms with Crippen LogP contribution in [0.1, 0.15) is 84.1 Å². The number of carboxylic acid groups (broad SMARTS) is 1. The molecule has 2 fully saturated rings. The fourth-order valence-corrected chi connectivity index (χ4v) is 5.36. The molecule has 0 amide bonds. The molecule has 1 unspecified atom stereocenters. The summed E-state index contributed by atoms with van der Waals surface area (Å²) in [5, 5.41) is 12.9.